The van der Waals surface area contributed by atoms with Gasteiger partial charge in [0.25, 0.3) is 0 Å². The van der Waals surface area contributed by atoms with Crippen LogP contribution in [0.5, 0.6) is 0 Å². The maximum Gasteiger partial charge on any atom is 0.0737 e. The highest BCUT2D eigenvalue weighted by Crippen LogP contribution is 2.67. The largest absolute Gasteiger partial charge is 0.310 e. The van der Waals surface area contributed by atoms with Crippen molar-refractivity contribution < 1.29 is 0 Å². The smallest absolute Gasteiger partial charge is 0.0737 e. The molecule has 0 saturated carbocycles. The zero-order valence-electron chi connectivity index (χ0n) is 45.8. The molecule has 0 unspecified atom stereocenters. The van der Waals surface area contributed by atoms with Gasteiger partial charge in [0.05, 0.1) is 5.41 Å². The van der Waals surface area contributed by atoms with Gasteiger partial charge in [0.2, 0.25) is 0 Å². The number of hydrogen-bond donors (Lipinski definition) is 0. The van der Waals surface area contributed by atoms with Gasteiger partial charge < -0.3 is 9.80 Å². The summed E-state index contributed by atoms with van der Waals surface area (Å²) in [6, 6.07) is 101. The Balaban J connectivity index is 0.881. The lowest BCUT2D eigenvalue weighted by Gasteiger charge is -2.33. The molecule has 0 bridgehead atoms. The lowest BCUT2D eigenvalue weighted by atomic mass is 9.68. The van der Waals surface area contributed by atoms with Gasteiger partial charge in [0, 0.05) is 45.0 Å². The van der Waals surface area contributed by atoms with Crippen molar-refractivity contribution in [2.75, 3.05) is 9.80 Å². The van der Waals surface area contributed by atoms with E-state index in [0.717, 1.165) is 34.1 Å². The summed E-state index contributed by atoms with van der Waals surface area (Å²) in [5.74, 6) is 0. The van der Waals surface area contributed by atoms with Crippen LogP contribution in [0.15, 0.2) is 267 Å². The Morgan fingerprint density at radius 3 is 1.16 bits per heavy atom. The Labute approximate surface area is 473 Å². The van der Waals surface area contributed by atoms with Crippen LogP contribution < -0.4 is 9.80 Å². The van der Waals surface area contributed by atoms with Crippen molar-refractivity contribution in [3.8, 4) is 44.5 Å². The Kier molecular flexibility index (Phi) is 9.49. The number of benzene rings is 13. The molecule has 0 atom stereocenters. The fourth-order valence-corrected chi connectivity index (χ4v) is 15.6. The number of anilines is 6. The summed E-state index contributed by atoms with van der Waals surface area (Å²) in [4.78, 5) is 4.91. The van der Waals surface area contributed by atoms with Crippen molar-refractivity contribution in [3.05, 3.63) is 311 Å². The average Bonchev–Trinajstić information content (AvgIpc) is 2.02. The first-order valence-electron chi connectivity index (χ1n) is 28.7. The zero-order valence-corrected chi connectivity index (χ0v) is 45.8. The summed E-state index contributed by atoms with van der Waals surface area (Å²) in [5, 5.41) is 7.51. The molecule has 0 radical (unpaired) electrons. The Hall–Kier alpha value is -9.76. The molecule has 0 aromatic heterocycles. The number of nitrogens with zero attached hydrogens (tertiary/aromatic N) is 2. The second-order valence-corrected chi connectivity index (χ2v) is 23.9. The quantitative estimate of drug-likeness (QED) is 0.164. The van der Waals surface area contributed by atoms with E-state index in [1.807, 2.05) is 0 Å². The van der Waals surface area contributed by atoms with Crippen molar-refractivity contribution in [2.45, 2.75) is 43.9 Å². The third kappa shape index (κ3) is 6.22. The molecule has 4 aliphatic rings. The predicted molar refractivity (Wildman–Crippen MR) is 340 cm³/mol. The Morgan fingerprint density at radius 2 is 0.630 bits per heavy atom. The van der Waals surface area contributed by atoms with Gasteiger partial charge in [-0.05, 0) is 194 Å². The van der Waals surface area contributed by atoms with Crippen LogP contribution in [0.1, 0.15) is 72.2 Å². The van der Waals surface area contributed by atoms with Gasteiger partial charge in [-0.2, -0.15) is 0 Å². The first-order chi connectivity index (χ1) is 39.7. The molecule has 0 aliphatic heterocycles. The molecule has 17 rings (SSSR count). The van der Waals surface area contributed by atoms with Gasteiger partial charge >= 0.3 is 0 Å². The summed E-state index contributed by atoms with van der Waals surface area (Å²) in [6.45, 7) is 9.49. The van der Waals surface area contributed by atoms with Crippen molar-refractivity contribution in [2.24, 2.45) is 0 Å². The SMILES string of the molecule is CC1(C)c2ccccc2-c2ccc(N(c3ccccc3)c3ccc4c5c(ccc4c3)-c3ccc4cc(N(c6ccccc6)c6ccc7c(c6)C(C)(C)c6ccccc6-7)ccc4c3C53c4ccccc4-c4c3ccc3ccccc43)cc21. The van der Waals surface area contributed by atoms with Gasteiger partial charge in [-0.1, -0.05) is 222 Å². The third-order valence-electron chi connectivity index (χ3n) is 19.2. The molecule has 2 nitrogen and oxygen atoms in total. The van der Waals surface area contributed by atoms with Crippen molar-refractivity contribution in [1.29, 1.82) is 0 Å². The van der Waals surface area contributed by atoms with Gasteiger partial charge in [-0.3, -0.25) is 0 Å². The highest BCUT2D eigenvalue weighted by atomic mass is 15.1. The Bertz CT molecular complexity index is 4590. The van der Waals surface area contributed by atoms with E-state index < -0.39 is 5.41 Å². The summed E-state index contributed by atoms with van der Waals surface area (Å²) < 4.78 is 0. The van der Waals surface area contributed by atoms with E-state index in [1.54, 1.807) is 0 Å². The van der Waals surface area contributed by atoms with E-state index in [9.17, 15) is 0 Å². The molecule has 1 spiro atoms. The zero-order chi connectivity index (χ0) is 53.9. The molecule has 0 amide bonds. The lowest BCUT2D eigenvalue weighted by Crippen LogP contribution is -2.26. The molecular weight excluding hydrogens is 977 g/mol. The summed E-state index contributed by atoms with van der Waals surface area (Å²) >= 11 is 0. The Morgan fingerprint density at radius 1 is 0.235 bits per heavy atom. The lowest BCUT2D eigenvalue weighted by molar-refractivity contribution is 0.660. The molecule has 2 heteroatoms. The summed E-state index contributed by atoms with van der Waals surface area (Å²) in [7, 11) is 0. The minimum absolute atomic E-state index is 0.128. The van der Waals surface area contributed by atoms with E-state index in [4.69, 9.17) is 0 Å². The predicted octanol–water partition coefficient (Wildman–Crippen LogP) is 21.0. The summed E-state index contributed by atoms with van der Waals surface area (Å²) in [6.07, 6.45) is 0. The molecular formula is C79H56N2. The van der Waals surface area contributed by atoms with Gasteiger partial charge in [0.15, 0.2) is 0 Å². The van der Waals surface area contributed by atoms with Crippen LogP contribution >= 0.6 is 0 Å². The van der Waals surface area contributed by atoms with Crippen molar-refractivity contribution in [3.63, 3.8) is 0 Å². The van der Waals surface area contributed by atoms with Crippen molar-refractivity contribution in [1.82, 2.24) is 0 Å². The minimum Gasteiger partial charge on any atom is -0.310 e. The summed E-state index contributed by atoms with van der Waals surface area (Å²) in [5.41, 5.74) is 27.3. The number of rotatable bonds is 6. The molecule has 382 valence electrons. The van der Waals surface area contributed by atoms with E-state index in [1.165, 1.54) is 121 Å². The first kappa shape index (κ1) is 46.2. The molecule has 13 aromatic carbocycles. The number of hydrogen-bond acceptors (Lipinski definition) is 2. The van der Waals surface area contributed by atoms with Crippen molar-refractivity contribution >= 4 is 66.4 Å². The third-order valence-corrected chi connectivity index (χ3v) is 19.2. The molecule has 0 saturated heterocycles. The number of fused-ring (bicyclic) bond motifs is 22. The fourth-order valence-electron chi connectivity index (χ4n) is 15.6. The van der Waals surface area contributed by atoms with Crippen LogP contribution in [0.3, 0.4) is 0 Å². The average molecular weight is 1030 g/mol. The molecule has 81 heavy (non-hydrogen) atoms. The molecule has 4 aliphatic carbocycles. The second-order valence-electron chi connectivity index (χ2n) is 23.9. The second kappa shape index (κ2) is 16.6. The minimum atomic E-state index is -0.623. The van der Waals surface area contributed by atoms with Gasteiger partial charge in [-0.25, -0.2) is 0 Å². The monoisotopic (exact) mass is 1030 g/mol. The van der Waals surface area contributed by atoms with Crippen LogP contribution in [0.25, 0.3) is 76.8 Å². The first-order valence-corrected chi connectivity index (χ1v) is 28.7. The van der Waals surface area contributed by atoms with E-state index in [-0.39, 0.29) is 10.8 Å². The van der Waals surface area contributed by atoms with Crippen LogP contribution in [0, 0.1) is 0 Å². The molecule has 0 fully saturated rings. The molecule has 0 heterocycles. The highest BCUT2D eigenvalue weighted by molar-refractivity contribution is 6.13. The molecule has 13 aromatic rings. The van der Waals surface area contributed by atoms with Gasteiger partial charge in [0.1, 0.15) is 0 Å². The maximum atomic E-state index is 2.46. The fraction of sp³-hybridized carbons (Fsp3) is 0.0886. The van der Waals surface area contributed by atoms with Crippen LogP contribution in [0.2, 0.25) is 0 Å². The maximum absolute atomic E-state index is 2.46. The number of para-hydroxylation sites is 2. The van der Waals surface area contributed by atoms with Crippen LogP contribution in [-0.2, 0) is 16.2 Å². The van der Waals surface area contributed by atoms with Gasteiger partial charge in [-0.15, -0.1) is 0 Å². The van der Waals surface area contributed by atoms with E-state index >= 15 is 0 Å². The van der Waals surface area contributed by atoms with E-state index in [0.29, 0.717) is 0 Å². The topological polar surface area (TPSA) is 6.48 Å². The van der Waals surface area contributed by atoms with Crippen LogP contribution in [-0.4, -0.2) is 0 Å². The van der Waals surface area contributed by atoms with Crippen LogP contribution in [0.4, 0.5) is 34.1 Å². The highest BCUT2D eigenvalue weighted by Gasteiger charge is 2.54. The standard InChI is InChI=1S/C79H56N2/c1-77(2)68-28-16-13-25-61(68)63-42-36-56(47-72(63)77)80(52-20-7-5-8-21-52)54-34-40-59-50(45-54)31-38-65-66-39-32-51-46-55(81(53-22-9-6-10-23-53)57-37-43-64-62-26-14-17-29-69(62)78(3,4)73(64)48-57)35-41-60(51)76(66)79(75(59)65)70-30-18-15-27-67(70)74-58-24-12-11-19-49(58)33-44-71(74)79/h5-48H,1-4H3. The van der Waals surface area contributed by atoms with E-state index in [2.05, 4.69) is 304 Å². The molecule has 0 N–H and O–H groups in total. The normalized spacial score (nSPS) is 14.7.